The first-order chi connectivity index (χ1) is 5.83. The van der Waals surface area contributed by atoms with Crippen LogP contribution in [0.1, 0.15) is 7.43 Å². The number of ether oxygens (including phenoxy) is 2. The van der Waals surface area contributed by atoms with Crippen LogP contribution in [0, 0.1) is 0 Å². The second-order valence-corrected chi connectivity index (χ2v) is 1.97. The minimum Gasteiger partial charge on any atom is -0.388 e. The molecule has 0 atom stereocenters. The van der Waals surface area contributed by atoms with Gasteiger partial charge >= 0.3 is 0 Å². The van der Waals surface area contributed by atoms with Gasteiger partial charge in [-0.3, -0.25) is 0 Å². The first-order valence-corrected chi connectivity index (χ1v) is 3.63. The number of benzene rings is 1. The van der Waals surface area contributed by atoms with Crippen LogP contribution < -0.4 is 0 Å². The number of hydrogen-bond donors (Lipinski definition) is 0. The van der Waals surface area contributed by atoms with Crippen LogP contribution >= 0.6 is 0 Å². The number of hydrogen-bond acceptors (Lipinski definition) is 2. The van der Waals surface area contributed by atoms with Gasteiger partial charge in [-0.15, -0.1) is 0 Å². The Balaban J connectivity index is -0.000000126. The van der Waals surface area contributed by atoms with Crippen LogP contribution in [0.2, 0.25) is 0 Å². The van der Waals surface area contributed by atoms with Crippen molar-refractivity contribution in [2.24, 2.45) is 0 Å². The van der Waals surface area contributed by atoms with Crippen LogP contribution in [-0.4, -0.2) is 28.4 Å². The average molecular weight is 186 g/mol. The molecule has 0 unspecified atom stereocenters. The van der Waals surface area contributed by atoms with Crippen LogP contribution in [0.3, 0.4) is 0 Å². The molecule has 1 aromatic carbocycles. The summed E-state index contributed by atoms with van der Waals surface area (Å²) in [5.74, 6) is 0. The summed E-state index contributed by atoms with van der Waals surface area (Å²) in [6, 6.07) is 12.0. The van der Waals surface area contributed by atoms with Gasteiger partial charge in [0, 0.05) is 28.4 Å². The van der Waals surface area contributed by atoms with E-state index in [-0.39, 0.29) is 7.43 Å². The van der Waals surface area contributed by atoms with Crippen LogP contribution in [0.25, 0.3) is 0 Å². The molecule has 0 saturated carbocycles. The summed E-state index contributed by atoms with van der Waals surface area (Å²) >= 11 is 0. The Morgan fingerprint density at radius 3 is 0.692 bits per heavy atom. The molecule has 0 aliphatic rings. The van der Waals surface area contributed by atoms with E-state index in [1.165, 1.54) is 0 Å². The van der Waals surface area contributed by atoms with E-state index in [1.807, 2.05) is 36.4 Å². The Labute approximate surface area is 82.5 Å². The summed E-state index contributed by atoms with van der Waals surface area (Å²) in [5.41, 5.74) is 0. The maximum atomic E-state index is 4.25. The van der Waals surface area contributed by atoms with E-state index in [2.05, 4.69) is 9.47 Å². The van der Waals surface area contributed by atoms with E-state index in [4.69, 9.17) is 0 Å². The van der Waals surface area contributed by atoms with Crippen molar-refractivity contribution in [1.82, 2.24) is 0 Å². The van der Waals surface area contributed by atoms with Crippen molar-refractivity contribution >= 4 is 0 Å². The molecule has 0 fully saturated rings. The molecular weight excluding hydrogens is 164 g/mol. The normalized spacial score (nSPS) is 6.46. The SMILES string of the molecule is C.COC.COC.c1ccccc1. The fourth-order valence-electron chi connectivity index (χ4n) is 0.385. The highest BCUT2D eigenvalue weighted by Gasteiger charge is 1.57. The zero-order chi connectivity index (χ0) is 9.66. The van der Waals surface area contributed by atoms with Crippen molar-refractivity contribution in [3.63, 3.8) is 0 Å². The van der Waals surface area contributed by atoms with Gasteiger partial charge in [-0.25, -0.2) is 0 Å². The van der Waals surface area contributed by atoms with Crippen LogP contribution in [0.4, 0.5) is 0 Å². The molecule has 0 bridgehead atoms. The van der Waals surface area contributed by atoms with Crippen molar-refractivity contribution in [2.75, 3.05) is 28.4 Å². The molecule has 0 heterocycles. The summed E-state index contributed by atoms with van der Waals surface area (Å²) in [5, 5.41) is 0. The Morgan fingerprint density at radius 2 is 0.615 bits per heavy atom. The number of rotatable bonds is 0. The molecule has 0 aliphatic carbocycles. The zero-order valence-corrected chi connectivity index (χ0v) is 8.28. The van der Waals surface area contributed by atoms with Gasteiger partial charge in [0.25, 0.3) is 0 Å². The monoisotopic (exact) mass is 186 g/mol. The van der Waals surface area contributed by atoms with Gasteiger partial charge in [-0.1, -0.05) is 43.8 Å². The van der Waals surface area contributed by atoms with Gasteiger partial charge in [-0.05, 0) is 0 Å². The highest BCUT2D eigenvalue weighted by molar-refractivity contribution is 4.99. The lowest BCUT2D eigenvalue weighted by atomic mass is 10.4. The van der Waals surface area contributed by atoms with Crippen LogP contribution in [0.5, 0.6) is 0 Å². The fraction of sp³-hybridized carbons (Fsp3) is 0.455. The van der Waals surface area contributed by atoms with E-state index in [0.717, 1.165) is 0 Å². The smallest absolute Gasteiger partial charge is 0.0351 e. The predicted octanol–water partition coefficient (Wildman–Crippen LogP) is 2.85. The maximum Gasteiger partial charge on any atom is 0.0351 e. The molecule has 78 valence electrons. The van der Waals surface area contributed by atoms with E-state index < -0.39 is 0 Å². The van der Waals surface area contributed by atoms with Gasteiger partial charge in [0.05, 0.1) is 0 Å². The first kappa shape index (κ1) is 18.0. The fourth-order valence-corrected chi connectivity index (χ4v) is 0.385. The lowest BCUT2D eigenvalue weighted by molar-refractivity contribution is 0.277. The summed E-state index contributed by atoms with van der Waals surface area (Å²) in [6.07, 6.45) is 0. The van der Waals surface area contributed by atoms with Crippen LogP contribution in [0.15, 0.2) is 36.4 Å². The highest BCUT2D eigenvalue weighted by Crippen LogP contribution is 1.79. The van der Waals surface area contributed by atoms with Gasteiger partial charge in [-0.2, -0.15) is 0 Å². The molecule has 0 saturated heterocycles. The molecule has 0 radical (unpaired) electrons. The lowest BCUT2D eigenvalue weighted by Gasteiger charge is -1.69. The van der Waals surface area contributed by atoms with Gasteiger partial charge in [0.2, 0.25) is 0 Å². The first-order valence-electron chi connectivity index (χ1n) is 3.63. The largest absolute Gasteiger partial charge is 0.388 e. The molecule has 1 aromatic rings. The molecule has 1 rings (SSSR count). The Hall–Kier alpha value is -0.860. The zero-order valence-electron chi connectivity index (χ0n) is 8.28. The van der Waals surface area contributed by atoms with Crippen molar-refractivity contribution in [3.8, 4) is 0 Å². The standard InChI is InChI=1S/C6H6.2C2H6O.CH4/c1-2-4-6-5-3-1;2*1-3-2;/h1-6H;2*1-2H3;1H4. The second kappa shape index (κ2) is 22.5. The molecule has 2 heteroatoms. The van der Waals surface area contributed by atoms with E-state index in [0.29, 0.717) is 0 Å². The minimum atomic E-state index is 0. The molecule has 2 nitrogen and oxygen atoms in total. The molecule has 13 heavy (non-hydrogen) atoms. The summed E-state index contributed by atoms with van der Waals surface area (Å²) < 4.78 is 8.50. The van der Waals surface area contributed by atoms with Gasteiger partial charge in [0.15, 0.2) is 0 Å². The average Bonchev–Trinajstić information content (AvgIpc) is 2.10. The third-order valence-electron chi connectivity index (χ3n) is 0.667. The van der Waals surface area contributed by atoms with Gasteiger partial charge in [0.1, 0.15) is 0 Å². The molecule has 0 aromatic heterocycles. The summed E-state index contributed by atoms with van der Waals surface area (Å²) in [7, 11) is 6.50. The van der Waals surface area contributed by atoms with E-state index >= 15 is 0 Å². The lowest BCUT2D eigenvalue weighted by Crippen LogP contribution is -1.55. The van der Waals surface area contributed by atoms with Crippen molar-refractivity contribution in [3.05, 3.63) is 36.4 Å². The quantitative estimate of drug-likeness (QED) is 0.620. The highest BCUT2D eigenvalue weighted by atomic mass is 16.5. The van der Waals surface area contributed by atoms with E-state index in [9.17, 15) is 0 Å². The molecule has 0 amide bonds. The van der Waals surface area contributed by atoms with Crippen molar-refractivity contribution in [2.45, 2.75) is 7.43 Å². The minimum absolute atomic E-state index is 0. The number of methoxy groups -OCH3 is 2. The van der Waals surface area contributed by atoms with E-state index in [1.54, 1.807) is 28.4 Å². The van der Waals surface area contributed by atoms with Gasteiger partial charge < -0.3 is 9.47 Å². The molecular formula is C11H22O2. The van der Waals surface area contributed by atoms with Crippen molar-refractivity contribution < 1.29 is 9.47 Å². The Bertz CT molecular complexity index is 100. The van der Waals surface area contributed by atoms with Crippen molar-refractivity contribution in [1.29, 1.82) is 0 Å². The molecule has 0 N–H and O–H groups in total. The Kier molecular flexibility index (Phi) is 31.2. The molecule has 0 aliphatic heterocycles. The summed E-state index contributed by atoms with van der Waals surface area (Å²) in [4.78, 5) is 0. The van der Waals surface area contributed by atoms with Crippen LogP contribution in [-0.2, 0) is 9.47 Å². The maximum absolute atomic E-state index is 4.25. The Morgan fingerprint density at radius 1 is 0.538 bits per heavy atom. The molecule has 0 spiro atoms. The summed E-state index contributed by atoms with van der Waals surface area (Å²) in [6.45, 7) is 0. The third kappa shape index (κ3) is 35.2. The topological polar surface area (TPSA) is 18.5 Å². The third-order valence-corrected chi connectivity index (χ3v) is 0.667. The second-order valence-electron chi connectivity index (χ2n) is 1.97. The predicted molar refractivity (Wildman–Crippen MR) is 59.0 cm³/mol.